The van der Waals surface area contributed by atoms with Crippen LogP contribution in [0.25, 0.3) is 0 Å². The molecule has 0 atom stereocenters. The molecule has 0 spiro atoms. The predicted octanol–water partition coefficient (Wildman–Crippen LogP) is 3.14. The lowest BCUT2D eigenvalue weighted by Gasteiger charge is -2.30. The van der Waals surface area contributed by atoms with Crippen molar-refractivity contribution in [2.45, 2.75) is 46.6 Å². The molecule has 1 N–H and O–H groups in total. The molecule has 1 aliphatic heterocycles. The number of aryl methyl sites for hydroxylation is 1. The summed E-state index contributed by atoms with van der Waals surface area (Å²) in [5.74, 6) is 0.479. The second kappa shape index (κ2) is 5.74. The molecule has 3 heteroatoms. The van der Waals surface area contributed by atoms with Crippen LogP contribution in [0.4, 0.5) is 0 Å². The van der Waals surface area contributed by atoms with E-state index < -0.39 is 0 Å². The van der Waals surface area contributed by atoms with Crippen LogP contribution in [0.3, 0.4) is 0 Å². The fraction of sp³-hybridized carbons (Fsp3) is 0.647. The first-order chi connectivity index (χ1) is 9.30. The Hall–Kier alpha value is -1.06. The Balaban J connectivity index is 2.37. The van der Waals surface area contributed by atoms with Gasteiger partial charge in [0.05, 0.1) is 13.2 Å². The van der Waals surface area contributed by atoms with Crippen molar-refractivity contribution in [3.63, 3.8) is 0 Å². The molecule has 1 fully saturated rings. The number of phenolic OH excluding ortho intramolecular Hbond substituents is 1. The molecule has 0 radical (unpaired) electrons. The Morgan fingerprint density at radius 2 is 1.80 bits per heavy atom. The van der Waals surface area contributed by atoms with Gasteiger partial charge in [0.1, 0.15) is 5.75 Å². The topological polar surface area (TPSA) is 32.7 Å². The van der Waals surface area contributed by atoms with E-state index in [0.717, 1.165) is 44.0 Å². The number of benzene rings is 1. The van der Waals surface area contributed by atoms with Crippen LogP contribution in [0.2, 0.25) is 0 Å². The third-order valence-electron chi connectivity index (χ3n) is 4.24. The molecular formula is C17H27NO2. The summed E-state index contributed by atoms with van der Waals surface area (Å²) in [6.07, 6.45) is 0. The Labute approximate surface area is 122 Å². The Morgan fingerprint density at radius 3 is 2.35 bits per heavy atom. The fourth-order valence-electron chi connectivity index (χ4n) is 2.72. The third kappa shape index (κ3) is 3.15. The van der Waals surface area contributed by atoms with Crippen LogP contribution in [-0.4, -0.2) is 36.3 Å². The standard InChI is InChI=1S/C17H27NO2/c1-12-10-15(17(3,4)5)16(19)14(13(12)2)11-18-6-8-20-9-7-18/h10,19H,6-9,11H2,1-5H3. The molecule has 2 rings (SSSR count). The van der Waals surface area contributed by atoms with Gasteiger partial charge in [0.2, 0.25) is 0 Å². The van der Waals surface area contributed by atoms with Gasteiger partial charge in [-0.25, -0.2) is 0 Å². The highest BCUT2D eigenvalue weighted by Crippen LogP contribution is 2.37. The summed E-state index contributed by atoms with van der Waals surface area (Å²) >= 11 is 0. The smallest absolute Gasteiger partial charge is 0.124 e. The van der Waals surface area contributed by atoms with Crippen LogP contribution in [0.5, 0.6) is 5.75 Å². The van der Waals surface area contributed by atoms with E-state index in [9.17, 15) is 5.11 Å². The monoisotopic (exact) mass is 277 g/mol. The zero-order chi connectivity index (χ0) is 14.9. The summed E-state index contributed by atoms with van der Waals surface area (Å²) in [7, 11) is 0. The molecule has 0 unspecified atom stereocenters. The summed E-state index contributed by atoms with van der Waals surface area (Å²) in [5.41, 5.74) is 4.56. The van der Waals surface area contributed by atoms with Crippen molar-refractivity contribution in [1.82, 2.24) is 4.90 Å². The van der Waals surface area contributed by atoms with Gasteiger partial charge in [0.25, 0.3) is 0 Å². The van der Waals surface area contributed by atoms with E-state index in [2.05, 4.69) is 45.6 Å². The second-order valence-corrected chi connectivity index (χ2v) is 6.83. The number of morpholine rings is 1. The number of aromatic hydroxyl groups is 1. The number of nitrogens with zero attached hydrogens (tertiary/aromatic N) is 1. The second-order valence-electron chi connectivity index (χ2n) is 6.83. The number of phenols is 1. The molecular weight excluding hydrogens is 250 g/mol. The van der Waals surface area contributed by atoms with Crippen molar-refractivity contribution >= 4 is 0 Å². The van der Waals surface area contributed by atoms with Gasteiger partial charge in [-0.1, -0.05) is 26.8 Å². The summed E-state index contributed by atoms with van der Waals surface area (Å²) < 4.78 is 5.40. The summed E-state index contributed by atoms with van der Waals surface area (Å²) in [5, 5.41) is 10.7. The van der Waals surface area contributed by atoms with Gasteiger partial charge in [0.15, 0.2) is 0 Å². The fourth-order valence-corrected chi connectivity index (χ4v) is 2.72. The van der Waals surface area contributed by atoms with E-state index >= 15 is 0 Å². The van der Waals surface area contributed by atoms with E-state index in [4.69, 9.17) is 4.74 Å². The third-order valence-corrected chi connectivity index (χ3v) is 4.24. The van der Waals surface area contributed by atoms with Gasteiger partial charge in [-0.3, -0.25) is 4.90 Å². The van der Waals surface area contributed by atoms with Crippen LogP contribution in [-0.2, 0) is 16.7 Å². The summed E-state index contributed by atoms with van der Waals surface area (Å²) in [6, 6.07) is 2.13. The van der Waals surface area contributed by atoms with E-state index in [0.29, 0.717) is 5.75 Å². The van der Waals surface area contributed by atoms with Crippen LogP contribution in [0, 0.1) is 13.8 Å². The molecule has 1 aromatic rings. The molecule has 0 amide bonds. The van der Waals surface area contributed by atoms with Crippen molar-refractivity contribution in [2.75, 3.05) is 26.3 Å². The Morgan fingerprint density at radius 1 is 1.20 bits per heavy atom. The molecule has 3 nitrogen and oxygen atoms in total. The quantitative estimate of drug-likeness (QED) is 0.901. The van der Waals surface area contributed by atoms with E-state index in [1.54, 1.807) is 0 Å². The van der Waals surface area contributed by atoms with Gasteiger partial charge in [-0.05, 0) is 36.0 Å². The van der Waals surface area contributed by atoms with Gasteiger partial charge in [-0.2, -0.15) is 0 Å². The predicted molar refractivity (Wildman–Crippen MR) is 82.4 cm³/mol. The van der Waals surface area contributed by atoms with Crippen LogP contribution < -0.4 is 0 Å². The maximum Gasteiger partial charge on any atom is 0.124 e. The van der Waals surface area contributed by atoms with E-state index in [1.807, 2.05) is 0 Å². The lowest BCUT2D eigenvalue weighted by molar-refractivity contribution is 0.0337. The normalized spacial score (nSPS) is 17.4. The van der Waals surface area contributed by atoms with E-state index in [1.165, 1.54) is 11.1 Å². The minimum absolute atomic E-state index is 0.0394. The zero-order valence-electron chi connectivity index (χ0n) is 13.4. The maximum absolute atomic E-state index is 10.7. The first-order valence-electron chi connectivity index (χ1n) is 7.43. The molecule has 20 heavy (non-hydrogen) atoms. The van der Waals surface area contributed by atoms with Crippen LogP contribution >= 0.6 is 0 Å². The molecule has 112 valence electrons. The van der Waals surface area contributed by atoms with Gasteiger partial charge < -0.3 is 9.84 Å². The minimum atomic E-state index is -0.0394. The van der Waals surface area contributed by atoms with Crippen LogP contribution in [0.1, 0.15) is 43.0 Å². The maximum atomic E-state index is 10.7. The Kier molecular flexibility index (Phi) is 4.40. The van der Waals surface area contributed by atoms with Gasteiger partial charge in [-0.15, -0.1) is 0 Å². The molecule has 1 saturated heterocycles. The van der Waals surface area contributed by atoms with Gasteiger partial charge in [0, 0.05) is 25.2 Å². The molecule has 0 aromatic heterocycles. The lowest BCUT2D eigenvalue weighted by Crippen LogP contribution is -2.36. The minimum Gasteiger partial charge on any atom is -0.507 e. The average molecular weight is 277 g/mol. The number of hydrogen-bond acceptors (Lipinski definition) is 3. The lowest BCUT2D eigenvalue weighted by atomic mass is 9.82. The number of rotatable bonds is 2. The van der Waals surface area contributed by atoms with Crippen molar-refractivity contribution in [2.24, 2.45) is 0 Å². The molecule has 1 aliphatic rings. The number of hydrogen-bond donors (Lipinski definition) is 1. The molecule has 1 heterocycles. The first kappa shape index (κ1) is 15.3. The molecule has 1 aromatic carbocycles. The van der Waals surface area contributed by atoms with Crippen molar-refractivity contribution in [1.29, 1.82) is 0 Å². The SMILES string of the molecule is Cc1cc(C(C)(C)C)c(O)c(CN2CCOCC2)c1C. The van der Waals surface area contributed by atoms with Crippen molar-refractivity contribution < 1.29 is 9.84 Å². The Bertz CT molecular complexity index is 483. The van der Waals surface area contributed by atoms with E-state index in [-0.39, 0.29) is 5.41 Å². The van der Waals surface area contributed by atoms with Crippen LogP contribution in [0.15, 0.2) is 6.07 Å². The largest absolute Gasteiger partial charge is 0.507 e. The summed E-state index contributed by atoms with van der Waals surface area (Å²) in [4.78, 5) is 2.36. The highest BCUT2D eigenvalue weighted by molar-refractivity contribution is 5.51. The highest BCUT2D eigenvalue weighted by Gasteiger charge is 2.24. The molecule has 0 aliphatic carbocycles. The zero-order valence-corrected chi connectivity index (χ0v) is 13.4. The van der Waals surface area contributed by atoms with Gasteiger partial charge >= 0.3 is 0 Å². The first-order valence-corrected chi connectivity index (χ1v) is 7.43. The van der Waals surface area contributed by atoms with Crippen molar-refractivity contribution in [3.05, 3.63) is 28.3 Å². The highest BCUT2D eigenvalue weighted by atomic mass is 16.5. The molecule has 0 saturated carbocycles. The van der Waals surface area contributed by atoms with Crippen molar-refractivity contribution in [3.8, 4) is 5.75 Å². The summed E-state index contributed by atoms with van der Waals surface area (Å²) in [6.45, 7) is 15.0. The average Bonchev–Trinajstić information content (AvgIpc) is 2.39. The number of ether oxygens (including phenoxy) is 1. The molecule has 0 bridgehead atoms.